The van der Waals surface area contributed by atoms with Crippen LogP contribution in [0.25, 0.3) is 0 Å². The Kier molecular flexibility index (Phi) is 3.49. The van der Waals surface area contributed by atoms with E-state index in [1.807, 2.05) is 24.3 Å². The van der Waals surface area contributed by atoms with Crippen LogP contribution in [0.3, 0.4) is 0 Å². The molecule has 0 aromatic heterocycles. The molecule has 1 atom stereocenters. The Morgan fingerprint density at radius 3 is 2.71 bits per heavy atom. The van der Waals surface area contributed by atoms with E-state index in [0.29, 0.717) is 13.1 Å². The summed E-state index contributed by atoms with van der Waals surface area (Å²) in [5, 5.41) is 8.92. The van der Waals surface area contributed by atoms with E-state index < -0.39 is 6.10 Å². The number of methoxy groups -OCH3 is 1. The second-order valence-corrected chi connectivity index (χ2v) is 3.92. The van der Waals surface area contributed by atoms with E-state index in [9.17, 15) is 4.79 Å². The summed E-state index contributed by atoms with van der Waals surface area (Å²) in [6, 6.07) is 7.50. The molecule has 0 aliphatic carbocycles. The zero-order chi connectivity index (χ0) is 12.3. The molecule has 1 amide bonds. The van der Waals surface area contributed by atoms with E-state index in [1.165, 1.54) is 0 Å². The Morgan fingerprint density at radius 2 is 2.18 bits per heavy atom. The molecule has 1 aromatic rings. The van der Waals surface area contributed by atoms with Gasteiger partial charge in [0.2, 0.25) is 0 Å². The molecule has 5 nitrogen and oxygen atoms in total. The van der Waals surface area contributed by atoms with Gasteiger partial charge >= 0.3 is 6.09 Å². The molecule has 1 aliphatic heterocycles. The molecule has 1 aliphatic rings. The Hall–Kier alpha value is -1.75. The minimum Gasteiger partial charge on any atom is -0.497 e. The largest absolute Gasteiger partial charge is 0.497 e. The molecule has 0 unspecified atom stereocenters. The molecular formula is C12H15NO4. The molecule has 1 fully saturated rings. The van der Waals surface area contributed by atoms with E-state index in [0.717, 1.165) is 11.3 Å². The summed E-state index contributed by atoms with van der Waals surface area (Å²) < 4.78 is 10.0. The maximum atomic E-state index is 11.4. The van der Waals surface area contributed by atoms with Crippen LogP contribution in [-0.2, 0) is 11.3 Å². The van der Waals surface area contributed by atoms with Gasteiger partial charge in [0, 0.05) is 6.54 Å². The van der Waals surface area contributed by atoms with Crippen molar-refractivity contribution in [1.82, 2.24) is 4.90 Å². The third-order valence-electron chi connectivity index (χ3n) is 2.69. The second-order valence-electron chi connectivity index (χ2n) is 3.92. The third kappa shape index (κ3) is 2.68. The van der Waals surface area contributed by atoms with E-state index in [2.05, 4.69) is 0 Å². The fraction of sp³-hybridized carbons (Fsp3) is 0.417. The Balaban J connectivity index is 1.98. The van der Waals surface area contributed by atoms with Crippen LogP contribution in [-0.4, -0.2) is 42.5 Å². The highest BCUT2D eigenvalue weighted by atomic mass is 16.6. The van der Waals surface area contributed by atoms with Crippen molar-refractivity contribution in [3.63, 3.8) is 0 Å². The van der Waals surface area contributed by atoms with Crippen LogP contribution < -0.4 is 4.74 Å². The number of benzene rings is 1. The maximum absolute atomic E-state index is 11.4. The highest BCUT2D eigenvalue weighted by molar-refractivity contribution is 5.69. The molecule has 17 heavy (non-hydrogen) atoms. The lowest BCUT2D eigenvalue weighted by Crippen LogP contribution is -2.25. The van der Waals surface area contributed by atoms with Crippen molar-refractivity contribution in [2.75, 3.05) is 20.3 Å². The molecule has 1 N–H and O–H groups in total. The molecule has 1 aromatic carbocycles. The fourth-order valence-corrected chi connectivity index (χ4v) is 1.75. The third-order valence-corrected chi connectivity index (χ3v) is 2.69. The lowest BCUT2D eigenvalue weighted by molar-refractivity contribution is 0.0947. The van der Waals surface area contributed by atoms with Crippen molar-refractivity contribution >= 4 is 6.09 Å². The van der Waals surface area contributed by atoms with Crippen molar-refractivity contribution in [3.05, 3.63) is 29.8 Å². The molecule has 0 saturated carbocycles. The number of carbonyl (C=O) groups excluding carboxylic acids is 1. The van der Waals surface area contributed by atoms with Gasteiger partial charge in [-0.25, -0.2) is 4.79 Å². The standard InChI is InChI=1S/C12H15NO4/c1-16-10-4-2-9(3-5-10)6-13-7-11(8-14)17-12(13)15/h2-5,11,14H,6-8H2,1H3/t11-/m1/s1. The highest BCUT2D eigenvalue weighted by Crippen LogP contribution is 2.17. The zero-order valence-corrected chi connectivity index (χ0v) is 9.63. The number of amides is 1. The number of aliphatic hydroxyl groups is 1. The van der Waals surface area contributed by atoms with Crippen molar-refractivity contribution in [3.8, 4) is 5.75 Å². The zero-order valence-electron chi connectivity index (χ0n) is 9.63. The maximum Gasteiger partial charge on any atom is 0.410 e. The average molecular weight is 237 g/mol. The molecule has 2 rings (SSSR count). The number of cyclic esters (lactones) is 1. The number of rotatable bonds is 4. The minimum atomic E-state index is -0.402. The van der Waals surface area contributed by atoms with Gasteiger partial charge in [0.05, 0.1) is 20.3 Å². The SMILES string of the molecule is COc1ccc(CN2C[C@H](CO)OC2=O)cc1. The topological polar surface area (TPSA) is 59.0 Å². The van der Waals surface area contributed by atoms with Crippen LogP contribution in [0.5, 0.6) is 5.75 Å². The molecule has 92 valence electrons. The summed E-state index contributed by atoms with van der Waals surface area (Å²) in [6.45, 7) is 0.783. The van der Waals surface area contributed by atoms with Crippen LogP contribution in [0.1, 0.15) is 5.56 Å². The number of nitrogens with zero attached hydrogens (tertiary/aromatic N) is 1. The van der Waals surface area contributed by atoms with Gasteiger partial charge in [-0.15, -0.1) is 0 Å². The Bertz CT molecular complexity index is 390. The first-order valence-corrected chi connectivity index (χ1v) is 5.42. The molecular weight excluding hydrogens is 222 g/mol. The number of hydrogen-bond donors (Lipinski definition) is 1. The van der Waals surface area contributed by atoms with Crippen molar-refractivity contribution < 1.29 is 19.4 Å². The summed E-state index contributed by atoms with van der Waals surface area (Å²) in [7, 11) is 1.61. The second kappa shape index (κ2) is 5.05. The lowest BCUT2D eigenvalue weighted by Gasteiger charge is -2.12. The fourth-order valence-electron chi connectivity index (χ4n) is 1.75. The minimum absolute atomic E-state index is 0.134. The van der Waals surface area contributed by atoms with Crippen molar-refractivity contribution in [1.29, 1.82) is 0 Å². The van der Waals surface area contributed by atoms with E-state index in [-0.39, 0.29) is 12.7 Å². The number of hydrogen-bond acceptors (Lipinski definition) is 4. The van der Waals surface area contributed by atoms with Gasteiger partial charge in [0.1, 0.15) is 11.9 Å². The lowest BCUT2D eigenvalue weighted by atomic mass is 10.2. The van der Waals surface area contributed by atoms with Crippen LogP contribution in [0, 0.1) is 0 Å². The van der Waals surface area contributed by atoms with Crippen LogP contribution in [0.15, 0.2) is 24.3 Å². The van der Waals surface area contributed by atoms with Crippen LogP contribution >= 0.6 is 0 Å². The molecule has 1 saturated heterocycles. The van der Waals surface area contributed by atoms with Crippen molar-refractivity contribution in [2.45, 2.75) is 12.6 Å². The molecule has 0 spiro atoms. The summed E-state index contributed by atoms with van der Waals surface area (Å²) in [5.74, 6) is 0.783. The van der Waals surface area contributed by atoms with Gasteiger partial charge in [-0.2, -0.15) is 0 Å². The predicted octanol–water partition coefficient (Wildman–Crippen LogP) is 1.01. The molecule has 1 heterocycles. The monoisotopic (exact) mass is 237 g/mol. The van der Waals surface area contributed by atoms with E-state index >= 15 is 0 Å². The van der Waals surface area contributed by atoms with Gasteiger partial charge in [0.25, 0.3) is 0 Å². The first kappa shape index (κ1) is 11.7. The van der Waals surface area contributed by atoms with Gasteiger partial charge in [-0.05, 0) is 17.7 Å². The molecule has 0 radical (unpaired) electrons. The van der Waals surface area contributed by atoms with Crippen LogP contribution in [0.4, 0.5) is 4.79 Å². The quantitative estimate of drug-likeness (QED) is 0.849. The number of aliphatic hydroxyl groups excluding tert-OH is 1. The normalized spacial score (nSPS) is 19.3. The average Bonchev–Trinajstić information content (AvgIpc) is 2.71. The number of carbonyl (C=O) groups is 1. The molecule has 0 bridgehead atoms. The van der Waals surface area contributed by atoms with Crippen LogP contribution in [0.2, 0.25) is 0 Å². The predicted molar refractivity (Wildman–Crippen MR) is 60.8 cm³/mol. The Labute approximate surface area is 99.6 Å². The van der Waals surface area contributed by atoms with Gasteiger partial charge in [-0.3, -0.25) is 0 Å². The number of ether oxygens (including phenoxy) is 2. The smallest absolute Gasteiger partial charge is 0.410 e. The first-order valence-electron chi connectivity index (χ1n) is 5.42. The van der Waals surface area contributed by atoms with Gasteiger partial charge in [0.15, 0.2) is 0 Å². The van der Waals surface area contributed by atoms with Gasteiger partial charge in [-0.1, -0.05) is 12.1 Å². The summed E-state index contributed by atoms with van der Waals surface area (Å²) in [4.78, 5) is 13.0. The Morgan fingerprint density at radius 1 is 1.47 bits per heavy atom. The summed E-state index contributed by atoms with van der Waals surface area (Å²) >= 11 is 0. The van der Waals surface area contributed by atoms with Gasteiger partial charge < -0.3 is 19.5 Å². The summed E-state index contributed by atoms with van der Waals surface area (Å²) in [5.41, 5.74) is 1.00. The van der Waals surface area contributed by atoms with Crippen molar-refractivity contribution in [2.24, 2.45) is 0 Å². The van der Waals surface area contributed by atoms with E-state index in [4.69, 9.17) is 14.6 Å². The molecule has 5 heteroatoms. The summed E-state index contributed by atoms with van der Waals surface area (Å²) in [6.07, 6.45) is -0.777. The first-order chi connectivity index (χ1) is 8.22. The highest BCUT2D eigenvalue weighted by Gasteiger charge is 2.30. The van der Waals surface area contributed by atoms with E-state index in [1.54, 1.807) is 12.0 Å².